The van der Waals surface area contributed by atoms with E-state index in [0.717, 1.165) is 5.57 Å². The Morgan fingerprint density at radius 3 is 2.48 bits per heavy atom. The Morgan fingerprint density at radius 1 is 1.16 bits per heavy atom. The van der Waals surface area contributed by atoms with Gasteiger partial charge >= 0.3 is 0 Å². The number of phenols is 3. The van der Waals surface area contributed by atoms with Crippen LogP contribution >= 0.6 is 0 Å². The maximum Gasteiger partial charge on any atom is 0.174 e. The fraction of sp³-hybridized carbons (Fsp3) is 0.320. The highest BCUT2D eigenvalue weighted by atomic mass is 16.5. The summed E-state index contributed by atoms with van der Waals surface area (Å²) in [5.74, 6) is -0.127. The summed E-state index contributed by atoms with van der Waals surface area (Å²) in [6, 6.07) is 4.38. The largest absolute Gasteiger partial charge is 0.507 e. The number of aromatic hydroxyl groups is 3. The van der Waals surface area contributed by atoms with E-state index in [-0.39, 0.29) is 46.3 Å². The highest BCUT2D eigenvalue weighted by molar-refractivity contribution is 6.05. The molecule has 0 aliphatic carbocycles. The van der Waals surface area contributed by atoms with Crippen LogP contribution in [0.5, 0.6) is 28.7 Å². The Balaban J connectivity index is 1.94. The molecule has 3 N–H and O–H groups in total. The maximum atomic E-state index is 13.1. The molecule has 4 rings (SSSR count). The summed E-state index contributed by atoms with van der Waals surface area (Å²) in [5, 5.41) is 31.5. The third-order valence-electron chi connectivity index (χ3n) is 5.53. The first-order valence-corrected chi connectivity index (χ1v) is 10.2. The number of fused-ring (bicyclic) bond motifs is 2. The van der Waals surface area contributed by atoms with Crippen LogP contribution in [0.3, 0.4) is 0 Å². The molecule has 2 aliphatic heterocycles. The molecule has 1 atom stereocenters. The van der Waals surface area contributed by atoms with Crippen molar-refractivity contribution in [2.45, 2.75) is 52.2 Å². The first kappa shape index (κ1) is 20.8. The highest BCUT2D eigenvalue weighted by Crippen LogP contribution is 2.52. The summed E-state index contributed by atoms with van der Waals surface area (Å²) in [5.41, 5.74) is 1.84. The van der Waals surface area contributed by atoms with E-state index in [0.29, 0.717) is 23.3 Å². The maximum absolute atomic E-state index is 13.1. The van der Waals surface area contributed by atoms with Gasteiger partial charge in [0.2, 0.25) is 0 Å². The van der Waals surface area contributed by atoms with Crippen LogP contribution in [0, 0.1) is 0 Å². The number of benzene rings is 2. The Kier molecular flexibility index (Phi) is 4.96. The average molecular weight is 422 g/mol. The quantitative estimate of drug-likeness (QED) is 0.588. The SMILES string of the molecule is CC(C)=CCc1c2c(c(O)c3c1OC(c1c(O)cccc1O)CC3=O)C=CC(C)(C)O2. The number of hydrogen-bond donors (Lipinski definition) is 3. The van der Waals surface area contributed by atoms with Crippen LogP contribution in [0.25, 0.3) is 6.08 Å². The third-order valence-corrected chi connectivity index (χ3v) is 5.53. The zero-order valence-electron chi connectivity index (χ0n) is 18.0. The Labute approximate surface area is 181 Å². The molecule has 6 nitrogen and oxygen atoms in total. The van der Waals surface area contributed by atoms with E-state index in [2.05, 4.69) is 0 Å². The molecule has 2 heterocycles. The molecule has 31 heavy (non-hydrogen) atoms. The molecule has 162 valence electrons. The first-order valence-electron chi connectivity index (χ1n) is 10.2. The molecule has 0 amide bonds. The molecule has 0 saturated heterocycles. The van der Waals surface area contributed by atoms with Crippen molar-refractivity contribution in [2.24, 2.45) is 0 Å². The zero-order valence-corrected chi connectivity index (χ0v) is 18.0. The predicted molar refractivity (Wildman–Crippen MR) is 117 cm³/mol. The van der Waals surface area contributed by atoms with E-state index in [1.165, 1.54) is 18.2 Å². The fourth-order valence-electron chi connectivity index (χ4n) is 3.99. The molecule has 6 heteroatoms. The van der Waals surface area contributed by atoms with Gasteiger partial charge in [-0.1, -0.05) is 17.7 Å². The van der Waals surface area contributed by atoms with Crippen molar-refractivity contribution in [3.63, 3.8) is 0 Å². The highest BCUT2D eigenvalue weighted by Gasteiger charge is 2.39. The van der Waals surface area contributed by atoms with Gasteiger partial charge in [-0.2, -0.15) is 0 Å². The lowest BCUT2D eigenvalue weighted by Gasteiger charge is -2.34. The van der Waals surface area contributed by atoms with Crippen LogP contribution in [0.1, 0.15) is 67.3 Å². The second kappa shape index (κ2) is 7.38. The summed E-state index contributed by atoms with van der Waals surface area (Å²) in [7, 11) is 0. The number of carbonyl (C=O) groups excluding carboxylic acids is 1. The van der Waals surface area contributed by atoms with Crippen LogP contribution in [0.2, 0.25) is 0 Å². The van der Waals surface area contributed by atoms with E-state index in [9.17, 15) is 20.1 Å². The summed E-state index contributed by atoms with van der Waals surface area (Å²) < 4.78 is 12.4. The molecule has 0 spiro atoms. The standard InChI is InChI=1S/C25H26O6/c1-13(2)8-9-15-23-14(10-11-25(3,4)31-23)22(29)21-18(28)12-19(30-24(15)21)20-16(26)6-5-7-17(20)27/h5-8,10-11,19,26-27,29H,9,12H2,1-4H3. The van der Waals surface area contributed by atoms with Gasteiger partial charge in [0, 0.05) is 5.56 Å². The van der Waals surface area contributed by atoms with Gasteiger partial charge in [-0.3, -0.25) is 4.79 Å². The molecule has 2 aliphatic rings. The second-order valence-corrected chi connectivity index (χ2v) is 8.74. The van der Waals surface area contributed by atoms with Crippen molar-refractivity contribution >= 4 is 11.9 Å². The normalized spacial score (nSPS) is 18.5. The molecule has 2 aromatic rings. The third kappa shape index (κ3) is 3.63. The Bertz CT molecular complexity index is 1120. The van der Waals surface area contributed by atoms with E-state index in [1.54, 1.807) is 6.08 Å². The number of hydrogen-bond acceptors (Lipinski definition) is 6. The number of Topliss-reactive ketones (excluding diaryl/α,β-unsaturated/α-hetero) is 1. The Hall–Kier alpha value is -3.41. The second-order valence-electron chi connectivity index (χ2n) is 8.74. The number of allylic oxidation sites excluding steroid dienone is 2. The van der Waals surface area contributed by atoms with Crippen molar-refractivity contribution in [2.75, 3.05) is 0 Å². The number of ether oxygens (including phenoxy) is 2. The smallest absolute Gasteiger partial charge is 0.174 e. The van der Waals surface area contributed by atoms with Crippen molar-refractivity contribution in [3.05, 3.63) is 58.2 Å². The van der Waals surface area contributed by atoms with Crippen molar-refractivity contribution in [1.29, 1.82) is 0 Å². The van der Waals surface area contributed by atoms with Gasteiger partial charge in [-0.25, -0.2) is 0 Å². The summed E-state index contributed by atoms with van der Waals surface area (Å²) in [6.45, 7) is 7.75. The van der Waals surface area contributed by atoms with E-state index < -0.39 is 11.7 Å². The lowest BCUT2D eigenvalue weighted by molar-refractivity contribution is 0.0833. The van der Waals surface area contributed by atoms with E-state index in [4.69, 9.17) is 9.47 Å². The summed E-state index contributed by atoms with van der Waals surface area (Å²) >= 11 is 0. The van der Waals surface area contributed by atoms with Gasteiger partial charge in [0.15, 0.2) is 5.78 Å². The Morgan fingerprint density at radius 2 is 1.84 bits per heavy atom. The number of ketones is 1. The number of carbonyl (C=O) groups is 1. The molecule has 2 aromatic carbocycles. The lowest BCUT2D eigenvalue weighted by atomic mass is 9.88. The minimum absolute atomic E-state index is 0.107. The van der Waals surface area contributed by atoms with Gasteiger partial charge in [-0.05, 0) is 58.4 Å². The molecule has 0 bridgehead atoms. The molecule has 0 radical (unpaired) electrons. The predicted octanol–water partition coefficient (Wildman–Crippen LogP) is 5.20. The monoisotopic (exact) mass is 422 g/mol. The van der Waals surface area contributed by atoms with Gasteiger partial charge in [-0.15, -0.1) is 0 Å². The molecule has 0 aromatic heterocycles. The van der Waals surface area contributed by atoms with Crippen LogP contribution in [0.4, 0.5) is 0 Å². The fourth-order valence-corrected chi connectivity index (χ4v) is 3.99. The van der Waals surface area contributed by atoms with Crippen LogP contribution in [-0.2, 0) is 6.42 Å². The zero-order chi connectivity index (χ0) is 22.5. The molecular weight excluding hydrogens is 396 g/mol. The van der Waals surface area contributed by atoms with Crippen molar-refractivity contribution in [1.82, 2.24) is 0 Å². The molecule has 0 saturated carbocycles. The minimum atomic E-state index is -0.892. The summed E-state index contributed by atoms with van der Waals surface area (Å²) in [4.78, 5) is 13.1. The van der Waals surface area contributed by atoms with Gasteiger partial charge in [0.25, 0.3) is 0 Å². The lowest BCUT2D eigenvalue weighted by Crippen LogP contribution is -2.29. The number of rotatable bonds is 3. The topological polar surface area (TPSA) is 96.2 Å². The van der Waals surface area contributed by atoms with Crippen molar-refractivity contribution < 1.29 is 29.6 Å². The van der Waals surface area contributed by atoms with Crippen LogP contribution < -0.4 is 9.47 Å². The van der Waals surface area contributed by atoms with Crippen LogP contribution in [0.15, 0.2) is 35.9 Å². The van der Waals surface area contributed by atoms with Gasteiger partial charge < -0.3 is 24.8 Å². The number of phenolic OH excluding ortho intramolecular Hbond substituents is 3. The van der Waals surface area contributed by atoms with Gasteiger partial charge in [0.1, 0.15) is 46.0 Å². The van der Waals surface area contributed by atoms with Crippen molar-refractivity contribution in [3.8, 4) is 28.7 Å². The van der Waals surface area contributed by atoms with Gasteiger partial charge in [0.05, 0.1) is 17.5 Å². The van der Waals surface area contributed by atoms with E-state index >= 15 is 0 Å². The molecule has 1 unspecified atom stereocenters. The molecular formula is C25H26O6. The molecule has 0 fully saturated rings. The van der Waals surface area contributed by atoms with E-state index in [1.807, 2.05) is 39.8 Å². The first-order chi connectivity index (χ1) is 14.6. The van der Waals surface area contributed by atoms with Crippen LogP contribution in [-0.4, -0.2) is 26.7 Å². The average Bonchev–Trinajstić information content (AvgIpc) is 2.66. The minimum Gasteiger partial charge on any atom is -0.507 e. The summed E-state index contributed by atoms with van der Waals surface area (Å²) in [6.07, 6.45) is 5.03.